The highest BCUT2D eigenvalue weighted by molar-refractivity contribution is 6.42. The largest absolute Gasteiger partial charge is 0.481 e. The zero-order chi connectivity index (χ0) is 17.7. The Bertz CT molecular complexity index is 653. The van der Waals surface area contributed by atoms with Crippen LogP contribution in [0.1, 0.15) is 16.8 Å². The van der Waals surface area contributed by atoms with Crippen molar-refractivity contribution >= 4 is 41.0 Å². The molecule has 0 aromatic heterocycles. The van der Waals surface area contributed by atoms with E-state index in [0.29, 0.717) is 18.2 Å². The Balaban J connectivity index is 1.94. The number of aliphatic carboxylic acids is 1. The van der Waals surface area contributed by atoms with Gasteiger partial charge < -0.3 is 20.1 Å². The molecule has 9 heteroatoms. The maximum atomic E-state index is 12.3. The van der Waals surface area contributed by atoms with Crippen molar-refractivity contribution in [3.05, 3.63) is 33.8 Å². The van der Waals surface area contributed by atoms with Crippen molar-refractivity contribution in [2.45, 2.75) is 12.5 Å². The third-order valence-corrected chi connectivity index (χ3v) is 4.28. The topological polar surface area (TPSA) is 95.9 Å². The van der Waals surface area contributed by atoms with E-state index in [9.17, 15) is 14.4 Å². The van der Waals surface area contributed by atoms with E-state index in [1.807, 2.05) is 0 Å². The van der Waals surface area contributed by atoms with Crippen LogP contribution in [0.4, 0.5) is 0 Å². The molecule has 0 bridgehead atoms. The molecule has 0 saturated carbocycles. The first-order valence-corrected chi connectivity index (χ1v) is 7.96. The number of nitrogens with zero attached hydrogens (tertiary/aromatic N) is 1. The Hall–Kier alpha value is -1.83. The molecular weight excluding hydrogens is 359 g/mol. The lowest BCUT2D eigenvalue weighted by Gasteiger charge is -2.34. The van der Waals surface area contributed by atoms with Crippen LogP contribution in [0.3, 0.4) is 0 Å². The number of benzene rings is 1. The second kappa shape index (κ2) is 8.32. The average Bonchev–Trinajstić information content (AvgIpc) is 2.54. The van der Waals surface area contributed by atoms with Crippen LogP contribution in [0.2, 0.25) is 10.0 Å². The van der Waals surface area contributed by atoms with Crippen molar-refractivity contribution in [3.63, 3.8) is 0 Å². The summed E-state index contributed by atoms with van der Waals surface area (Å²) in [4.78, 5) is 36.6. The van der Waals surface area contributed by atoms with Gasteiger partial charge in [0, 0.05) is 12.1 Å². The van der Waals surface area contributed by atoms with Gasteiger partial charge in [0.15, 0.2) is 0 Å². The summed E-state index contributed by atoms with van der Waals surface area (Å²) in [5.74, 6) is -1.84. The summed E-state index contributed by atoms with van der Waals surface area (Å²) in [5, 5.41) is 12.0. The van der Waals surface area contributed by atoms with Gasteiger partial charge in [0.2, 0.25) is 5.91 Å². The second-order valence-electron chi connectivity index (χ2n) is 5.23. The molecule has 24 heavy (non-hydrogen) atoms. The number of ether oxygens (including phenoxy) is 1. The summed E-state index contributed by atoms with van der Waals surface area (Å²) >= 11 is 11.6. The van der Waals surface area contributed by atoms with E-state index in [0.717, 1.165) is 0 Å². The average molecular weight is 375 g/mol. The highest BCUT2D eigenvalue weighted by Gasteiger charge is 2.29. The van der Waals surface area contributed by atoms with Crippen molar-refractivity contribution in [2.24, 2.45) is 0 Å². The van der Waals surface area contributed by atoms with Gasteiger partial charge in [0.1, 0.15) is 0 Å². The van der Waals surface area contributed by atoms with E-state index >= 15 is 0 Å². The van der Waals surface area contributed by atoms with Crippen molar-refractivity contribution < 1.29 is 24.2 Å². The molecule has 1 unspecified atom stereocenters. The molecule has 2 rings (SSSR count). The van der Waals surface area contributed by atoms with Gasteiger partial charge in [-0.15, -0.1) is 0 Å². The smallest absolute Gasteiger partial charge is 0.305 e. The number of halogens is 2. The number of carboxylic acids is 1. The zero-order valence-electron chi connectivity index (χ0n) is 12.6. The molecule has 2 amide bonds. The van der Waals surface area contributed by atoms with Gasteiger partial charge in [0.25, 0.3) is 5.91 Å². The summed E-state index contributed by atoms with van der Waals surface area (Å²) in [7, 11) is 0. The molecule has 1 aromatic carbocycles. The highest BCUT2D eigenvalue weighted by atomic mass is 35.5. The number of amides is 2. The number of nitrogens with one attached hydrogen (secondary N) is 1. The highest BCUT2D eigenvalue weighted by Crippen LogP contribution is 2.22. The molecule has 1 aliphatic rings. The molecule has 7 nitrogen and oxygen atoms in total. The minimum absolute atomic E-state index is 0.165. The zero-order valence-corrected chi connectivity index (χ0v) is 14.1. The molecule has 1 saturated heterocycles. The number of carbonyl (C=O) groups excluding carboxylic acids is 2. The predicted octanol–water partition coefficient (Wildman–Crippen LogP) is 1.43. The van der Waals surface area contributed by atoms with Gasteiger partial charge >= 0.3 is 5.97 Å². The number of hydrogen-bond acceptors (Lipinski definition) is 4. The van der Waals surface area contributed by atoms with Crippen molar-refractivity contribution in [2.75, 3.05) is 26.3 Å². The molecule has 1 atom stereocenters. The van der Waals surface area contributed by atoms with Gasteiger partial charge in [-0.3, -0.25) is 14.4 Å². The normalized spacial score (nSPS) is 17.4. The SMILES string of the molecule is O=C(O)CC1COCCN1C(=O)CNC(=O)c1ccc(Cl)c(Cl)c1. The van der Waals surface area contributed by atoms with Crippen LogP contribution < -0.4 is 5.32 Å². The third kappa shape index (κ3) is 4.83. The van der Waals surface area contributed by atoms with Gasteiger partial charge in [0.05, 0.1) is 42.3 Å². The van der Waals surface area contributed by atoms with Gasteiger partial charge in [-0.2, -0.15) is 0 Å². The molecule has 0 aliphatic carbocycles. The number of carbonyl (C=O) groups is 3. The van der Waals surface area contributed by atoms with Crippen LogP contribution in [0.15, 0.2) is 18.2 Å². The minimum Gasteiger partial charge on any atom is -0.481 e. The van der Waals surface area contributed by atoms with Crippen LogP contribution in [0, 0.1) is 0 Å². The van der Waals surface area contributed by atoms with Crippen LogP contribution in [-0.2, 0) is 14.3 Å². The number of rotatable bonds is 5. The van der Waals surface area contributed by atoms with Crippen molar-refractivity contribution in [1.29, 1.82) is 0 Å². The number of hydrogen-bond donors (Lipinski definition) is 2. The first-order chi connectivity index (χ1) is 11.4. The lowest BCUT2D eigenvalue weighted by atomic mass is 10.1. The molecule has 2 N–H and O–H groups in total. The molecule has 130 valence electrons. The Kier molecular flexibility index (Phi) is 6.42. The fourth-order valence-electron chi connectivity index (χ4n) is 2.35. The standard InChI is InChI=1S/C15H16Cl2N2O5/c16-11-2-1-9(5-12(11)17)15(23)18-7-13(20)19-3-4-24-8-10(19)6-14(21)22/h1-2,5,10H,3-4,6-8H2,(H,18,23)(H,21,22). The first kappa shape index (κ1) is 18.5. The molecule has 1 fully saturated rings. The van der Waals surface area contributed by atoms with Crippen LogP contribution in [0.5, 0.6) is 0 Å². The summed E-state index contributed by atoms with van der Waals surface area (Å²) in [5.41, 5.74) is 0.279. The number of morpholine rings is 1. The molecule has 0 spiro atoms. The third-order valence-electron chi connectivity index (χ3n) is 3.54. The summed E-state index contributed by atoms with van der Waals surface area (Å²) < 4.78 is 5.21. The lowest BCUT2D eigenvalue weighted by molar-refractivity contribution is -0.145. The summed E-state index contributed by atoms with van der Waals surface area (Å²) in [6.07, 6.45) is -0.202. The fourth-order valence-corrected chi connectivity index (χ4v) is 2.65. The maximum absolute atomic E-state index is 12.3. The molecule has 1 aliphatic heterocycles. The van der Waals surface area contributed by atoms with E-state index < -0.39 is 17.9 Å². The van der Waals surface area contributed by atoms with Crippen LogP contribution in [0.25, 0.3) is 0 Å². The first-order valence-electron chi connectivity index (χ1n) is 7.20. The van der Waals surface area contributed by atoms with Gasteiger partial charge in [-0.25, -0.2) is 0 Å². The molecular formula is C15H16Cl2N2O5. The molecule has 1 heterocycles. The van der Waals surface area contributed by atoms with E-state index in [-0.39, 0.29) is 36.1 Å². The van der Waals surface area contributed by atoms with E-state index in [1.165, 1.54) is 23.1 Å². The quantitative estimate of drug-likeness (QED) is 0.812. The molecule has 0 radical (unpaired) electrons. The van der Waals surface area contributed by atoms with Crippen LogP contribution in [-0.4, -0.2) is 60.1 Å². The Morgan fingerprint density at radius 3 is 2.71 bits per heavy atom. The minimum atomic E-state index is -1.01. The fraction of sp³-hybridized carbons (Fsp3) is 0.400. The maximum Gasteiger partial charge on any atom is 0.305 e. The van der Waals surface area contributed by atoms with Gasteiger partial charge in [-0.05, 0) is 18.2 Å². The van der Waals surface area contributed by atoms with E-state index in [4.69, 9.17) is 33.0 Å². The summed E-state index contributed by atoms with van der Waals surface area (Å²) in [6, 6.07) is 3.86. The van der Waals surface area contributed by atoms with E-state index in [2.05, 4.69) is 5.32 Å². The Labute approximate surface area is 148 Å². The molecule has 1 aromatic rings. The summed E-state index contributed by atoms with van der Waals surface area (Å²) in [6.45, 7) is 0.552. The van der Waals surface area contributed by atoms with E-state index in [1.54, 1.807) is 0 Å². The predicted molar refractivity (Wildman–Crippen MR) is 87.4 cm³/mol. The second-order valence-corrected chi connectivity index (χ2v) is 6.04. The lowest BCUT2D eigenvalue weighted by Crippen LogP contribution is -2.52. The van der Waals surface area contributed by atoms with Crippen LogP contribution >= 0.6 is 23.2 Å². The Morgan fingerprint density at radius 2 is 2.04 bits per heavy atom. The van der Waals surface area contributed by atoms with Gasteiger partial charge in [-0.1, -0.05) is 23.2 Å². The van der Waals surface area contributed by atoms with Crippen molar-refractivity contribution in [3.8, 4) is 0 Å². The number of carboxylic acid groups (broad SMARTS) is 1. The monoisotopic (exact) mass is 374 g/mol. The van der Waals surface area contributed by atoms with Crippen molar-refractivity contribution in [1.82, 2.24) is 10.2 Å². The Morgan fingerprint density at radius 1 is 1.29 bits per heavy atom.